The van der Waals surface area contributed by atoms with E-state index >= 15 is 0 Å². The quantitative estimate of drug-likeness (QED) is 0.740. The number of aryl methyl sites for hydroxylation is 1. The third kappa shape index (κ3) is 1.64. The highest BCUT2D eigenvalue weighted by molar-refractivity contribution is 9.10. The largest absolute Gasteiger partial charge is 0.268 e. The number of hydrogen-bond acceptors (Lipinski definition) is 1. The van der Waals surface area contributed by atoms with Gasteiger partial charge in [-0.3, -0.25) is 4.68 Å². The summed E-state index contributed by atoms with van der Waals surface area (Å²) in [4.78, 5) is 0. The Morgan fingerprint density at radius 2 is 2.45 bits per heavy atom. The molecule has 0 unspecified atom stereocenters. The average Bonchev–Trinajstić information content (AvgIpc) is 2.64. The molecule has 2 nitrogen and oxygen atoms in total. The summed E-state index contributed by atoms with van der Waals surface area (Å²) in [5.41, 5.74) is 1.25. The van der Waals surface area contributed by atoms with E-state index in [9.17, 15) is 0 Å². The second-order valence-electron chi connectivity index (χ2n) is 3.23. The zero-order valence-corrected chi connectivity index (χ0v) is 8.13. The smallest absolute Gasteiger partial charge is 0.128 e. The van der Waals surface area contributed by atoms with Gasteiger partial charge in [0.1, 0.15) is 4.60 Å². The number of halogens is 1. The highest BCUT2D eigenvalue weighted by Crippen LogP contribution is 2.30. The van der Waals surface area contributed by atoms with E-state index in [0.717, 1.165) is 17.1 Å². The van der Waals surface area contributed by atoms with Crippen LogP contribution in [0.5, 0.6) is 0 Å². The molecule has 0 spiro atoms. The van der Waals surface area contributed by atoms with Gasteiger partial charge in [0.2, 0.25) is 0 Å². The predicted molar refractivity (Wildman–Crippen MR) is 47.4 cm³/mol. The molecule has 0 aliphatic heterocycles. The van der Waals surface area contributed by atoms with Gasteiger partial charge in [0, 0.05) is 12.2 Å². The third-order valence-corrected chi connectivity index (χ3v) is 2.47. The number of aromatic nitrogens is 2. The molecule has 1 heterocycles. The van der Waals surface area contributed by atoms with E-state index < -0.39 is 0 Å². The molecule has 2 rings (SSSR count). The lowest BCUT2D eigenvalue weighted by atomic mass is 10.4. The Balaban J connectivity index is 2.14. The Morgan fingerprint density at radius 1 is 1.73 bits per heavy atom. The monoisotopic (exact) mass is 214 g/mol. The fraction of sp³-hybridized carbons (Fsp3) is 0.625. The standard InChI is InChI=1S/C8H11BrN2/c1-6-4-8(9)10-11(6)5-7-2-3-7/h4,7H,2-3,5H2,1H3. The summed E-state index contributed by atoms with van der Waals surface area (Å²) in [5, 5.41) is 4.32. The van der Waals surface area contributed by atoms with Crippen molar-refractivity contribution in [3.05, 3.63) is 16.4 Å². The average molecular weight is 215 g/mol. The van der Waals surface area contributed by atoms with Crippen molar-refractivity contribution in [1.29, 1.82) is 0 Å². The second-order valence-corrected chi connectivity index (χ2v) is 4.05. The van der Waals surface area contributed by atoms with Crippen LogP contribution in [0, 0.1) is 12.8 Å². The molecular formula is C8H11BrN2. The van der Waals surface area contributed by atoms with Crippen LogP contribution in [0.3, 0.4) is 0 Å². The zero-order chi connectivity index (χ0) is 7.84. The summed E-state index contributed by atoms with van der Waals surface area (Å²) in [6.45, 7) is 3.21. The SMILES string of the molecule is Cc1cc(Br)nn1CC1CC1. The third-order valence-electron chi connectivity index (χ3n) is 2.08. The highest BCUT2D eigenvalue weighted by atomic mass is 79.9. The molecule has 0 N–H and O–H groups in total. The van der Waals surface area contributed by atoms with Gasteiger partial charge in [0.25, 0.3) is 0 Å². The maximum atomic E-state index is 4.32. The first-order chi connectivity index (χ1) is 5.25. The van der Waals surface area contributed by atoms with Crippen LogP contribution in [0.1, 0.15) is 18.5 Å². The van der Waals surface area contributed by atoms with Crippen molar-refractivity contribution < 1.29 is 0 Å². The van der Waals surface area contributed by atoms with Crippen LogP contribution in [-0.2, 0) is 6.54 Å². The Hall–Kier alpha value is -0.310. The summed E-state index contributed by atoms with van der Waals surface area (Å²) < 4.78 is 3.04. The van der Waals surface area contributed by atoms with Crippen LogP contribution in [0.4, 0.5) is 0 Å². The molecule has 0 saturated heterocycles. The Morgan fingerprint density at radius 3 is 2.91 bits per heavy atom. The summed E-state index contributed by atoms with van der Waals surface area (Å²) in [6, 6.07) is 2.06. The number of hydrogen-bond donors (Lipinski definition) is 0. The Labute approximate surface area is 74.7 Å². The molecule has 0 bridgehead atoms. The van der Waals surface area contributed by atoms with Gasteiger partial charge in [-0.15, -0.1) is 0 Å². The fourth-order valence-electron chi connectivity index (χ4n) is 1.20. The van der Waals surface area contributed by atoms with Gasteiger partial charge in [-0.2, -0.15) is 5.10 Å². The summed E-state index contributed by atoms with van der Waals surface area (Å²) in [6.07, 6.45) is 2.77. The van der Waals surface area contributed by atoms with Crippen molar-refractivity contribution >= 4 is 15.9 Å². The maximum absolute atomic E-state index is 4.32. The van der Waals surface area contributed by atoms with Crippen LogP contribution in [0.2, 0.25) is 0 Å². The van der Waals surface area contributed by atoms with E-state index in [1.807, 2.05) is 0 Å². The molecule has 3 heteroatoms. The Bertz CT molecular complexity index is 263. The summed E-state index contributed by atoms with van der Waals surface area (Å²) in [7, 11) is 0. The van der Waals surface area contributed by atoms with Crippen molar-refractivity contribution in [2.24, 2.45) is 5.92 Å². The maximum Gasteiger partial charge on any atom is 0.128 e. The summed E-state index contributed by atoms with van der Waals surface area (Å²) in [5.74, 6) is 0.903. The van der Waals surface area contributed by atoms with Gasteiger partial charge in [0.05, 0.1) is 0 Å². The van der Waals surface area contributed by atoms with Crippen LogP contribution >= 0.6 is 15.9 Å². The van der Waals surface area contributed by atoms with Crippen molar-refractivity contribution in [2.45, 2.75) is 26.3 Å². The van der Waals surface area contributed by atoms with E-state index in [1.54, 1.807) is 0 Å². The van der Waals surface area contributed by atoms with Crippen molar-refractivity contribution in [2.75, 3.05) is 0 Å². The van der Waals surface area contributed by atoms with E-state index in [4.69, 9.17) is 0 Å². The first-order valence-electron chi connectivity index (χ1n) is 3.95. The highest BCUT2D eigenvalue weighted by Gasteiger charge is 2.22. The molecule has 0 amide bonds. The number of nitrogens with zero attached hydrogens (tertiary/aromatic N) is 2. The molecule has 60 valence electrons. The Kier molecular flexibility index (Phi) is 1.75. The van der Waals surface area contributed by atoms with E-state index in [2.05, 4.69) is 38.7 Å². The topological polar surface area (TPSA) is 17.8 Å². The molecule has 1 fully saturated rings. The van der Waals surface area contributed by atoms with Gasteiger partial charge in [-0.25, -0.2) is 0 Å². The molecule has 11 heavy (non-hydrogen) atoms. The molecule has 0 atom stereocenters. The summed E-state index contributed by atoms with van der Waals surface area (Å²) >= 11 is 3.36. The van der Waals surface area contributed by atoms with Gasteiger partial charge < -0.3 is 0 Å². The van der Waals surface area contributed by atoms with Gasteiger partial charge in [-0.1, -0.05) is 0 Å². The lowest BCUT2D eigenvalue weighted by molar-refractivity contribution is 0.547. The minimum Gasteiger partial charge on any atom is -0.268 e. The lowest BCUT2D eigenvalue weighted by Gasteiger charge is -2.00. The minimum atomic E-state index is 0.903. The van der Waals surface area contributed by atoms with E-state index in [1.165, 1.54) is 18.5 Å². The molecule has 1 aliphatic rings. The molecule has 1 aliphatic carbocycles. The van der Waals surface area contributed by atoms with Gasteiger partial charge in [0.15, 0.2) is 0 Å². The molecule has 0 radical (unpaired) electrons. The van der Waals surface area contributed by atoms with Crippen LogP contribution < -0.4 is 0 Å². The van der Waals surface area contributed by atoms with Crippen molar-refractivity contribution in [1.82, 2.24) is 9.78 Å². The van der Waals surface area contributed by atoms with E-state index in [0.29, 0.717) is 0 Å². The lowest BCUT2D eigenvalue weighted by Crippen LogP contribution is -2.03. The van der Waals surface area contributed by atoms with Crippen LogP contribution in [0.15, 0.2) is 10.7 Å². The molecule has 0 aromatic carbocycles. The van der Waals surface area contributed by atoms with E-state index in [-0.39, 0.29) is 0 Å². The molecule has 1 aromatic heterocycles. The normalized spacial score (nSPS) is 17.3. The van der Waals surface area contributed by atoms with Crippen molar-refractivity contribution in [3.63, 3.8) is 0 Å². The van der Waals surface area contributed by atoms with Gasteiger partial charge in [-0.05, 0) is 47.7 Å². The number of rotatable bonds is 2. The van der Waals surface area contributed by atoms with Crippen LogP contribution in [0.25, 0.3) is 0 Å². The second kappa shape index (κ2) is 2.63. The van der Waals surface area contributed by atoms with Crippen LogP contribution in [-0.4, -0.2) is 9.78 Å². The molecular weight excluding hydrogens is 204 g/mol. The first kappa shape index (κ1) is 7.35. The predicted octanol–water partition coefficient (Wildman–Crippen LogP) is 2.36. The minimum absolute atomic E-state index is 0.903. The molecule has 1 saturated carbocycles. The zero-order valence-electron chi connectivity index (χ0n) is 6.55. The van der Waals surface area contributed by atoms with Gasteiger partial charge >= 0.3 is 0 Å². The first-order valence-corrected chi connectivity index (χ1v) is 4.75. The fourth-order valence-corrected chi connectivity index (χ4v) is 1.72. The van der Waals surface area contributed by atoms with Crippen molar-refractivity contribution in [3.8, 4) is 0 Å². The molecule has 1 aromatic rings.